The molecule has 0 amide bonds. The highest BCUT2D eigenvalue weighted by atomic mass is 16.5. The zero-order chi connectivity index (χ0) is 14.7. The van der Waals surface area contributed by atoms with E-state index < -0.39 is 0 Å². The lowest BCUT2D eigenvalue weighted by atomic mass is 10.0. The SMILES string of the molecule is CNc1nc(NCC2CCOC2C)nc(-n2cccn2)n1. The average Bonchev–Trinajstić information content (AvgIpc) is 3.16. The van der Waals surface area contributed by atoms with E-state index in [9.17, 15) is 0 Å². The highest BCUT2D eigenvalue weighted by molar-refractivity contribution is 5.37. The molecule has 3 heterocycles. The van der Waals surface area contributed by atoms with Crippen LogP contribution >= 0.6 is 0 Å². The second kappa shape index (κ2) is 6.04. The van der Waals surface area contributed by atoms with Crippen molar-refractivity contribution in [2.75, 3.05) is 30.8 Å². The quantitative estimate of drug-likeness (QED) is 0.846. The van der Waals surface area contributed by atoms with E-state index in [-0.39, 0.29) is 6.10 Å². The Morgan fingerprint density at radius 2 is 2.19 bits per heavy atom. The summed E-state index contributed by atoms with van der Waals surface area (Å²) in [5, 5.41) is 10.4. The van der Waals surface area contributed by atoms with Crippen LogP contribution in [0.2, 0.25) is 0 Å². The van der Waals surface area contributed by atoms with Gasteiger partial charge in [0, 0.05) is 38.5 Å². The van der Waals surface area contributed by atoms with Gasteiger partial charge in [-0.05, 0) is 19.4 Å². The van der Waals surface area contributed by atoms with Gasteiger partial charge in [0.25, 0.3) is 5.95 Å². The summed E-state index contributed by atoms with van der Waals surface area (Å²) in [6.07, 6.45) is 4.82. The molecule has 1 saturated heterocycles. The third kappa shape index (κ3) is 3.10. The van der Waals surface area contributed by atoms with E-state index in [2.05, 4.69) is 37.6 Å². The standard InChI is InChI=1S/C13H19N7O/c1-9-10(4-7-21-9)8-15-12-17-11(14-2)18-13(19-12)20-6-3-5-16-20/h3,5-6,9-10H,4,7-8H2,1-2H3,(H2,14,15,17,18,19). The predicted molar refractivity (Wildman–Crippen MR) is 78.5 cm³/mol. The van der Waals surface area contributed by atoms with Crippen molar-refractivity contribution in [2.45, 2.75) is 19.4 Å². The number of anilines is 2. The van der Waals surface area contributed by atoms with E-state index in [0.29, 0.717) is 23.8 Å². The normalized spacial score (nSPS) is 21.4. The second-order valence-electron chi connectivity index (χ2n) is 4.99. The van der Waals surface area contributed by atoms with E-state index >= 15 is 0 Å². The third-order valence-corrected chi connectivity index (χ3v) is 3.61. The van der Waals surface area contributed by atoms with Gasteiger partial charge < -0.3 is 15.4 Å². The van der Waals surface area contributed by atoms with Gasteiger partial charge in [-0.15, -0.1) is 0 Å². The summed E-state index contributed by atoms with van der Waals surface area (Å²) in [6.45, 7) is 3.71. The van der Waals surface area contributed by atoms with Crippen molar-refractivity contribution < 1.29 is 4.74 Å². The molecule has 0 spiro atoms. The van der Waals surface area contributed by atoms with Crippen molar-refractivity contribution in [3.8, 4) is 5.95 Å². The fourth-order valence-corrected chi connectivity index (χ4v) is 2.31. The predicted octanol–water partition coefficient (Wildman–Crippen LogP) is 0.936. The largest absolute Gasteiger partial charge is 0.378 e. The lowest BCUT2D eigenvalue weighted by Crippen LogP contribution is -2.22. The summed E-state index contributed by atoms with van der Waals surface area (Å²) >= 11 is 0. The van der Waals surface area contributed by atoms with Gasteiger partial charge in [-0.3, -0.25) is 0 Å². The monoisotopic (exact) mass is 289 g/mol. The Kier molecular flexibility index (Phi) is 3.96. The summed E-state index contributed by atoms with van der Waals surface area (Å²) in [6, 6.07) is 1.83. The minimum Gasteiger partial charge on any atom is -0.378 e. The summed E-state index contributed by atoms with van der Waals surface area (Å²) < 4.78 is 7.17. The molecule has 0 radical (unpaired) electrons. The van der Waals surface area contributed by atoms with Gasteiger partial charge in [0.1, 0.15) is 0 Å². The van der Waals surface area contributed by atoms with Crippen LogP contribution in [-0.4, -0.2) is 51.0 Å². The Hall–Kier alpha value is -2.22. The Bertz CT molecular complexity index is 586. The van der Waals surface area contributed by atoms with Gasteiger partial charge in [-0.1, -0.05) is 0 Å². The molecule has 21 heavy (non-hydrogen) atoms. The van der Waals surface area contributed by atoms with Crippen LogP contribution in [0.5, 0.6) is 0 Å². The molecule has 2 unspecified atom stereocenters. The van der Waals surface area contributed by atoms with Crippen LogP contribution in [-0.2, 0) is 4.74 Å². The van der Waals surface area contributed by atoms with Crippen molar-refractivity contribution >= 4 is 11.9 Å². The lowest BCUT2D eigenvalue weighted by molar-refractivity contribution is 0.108. The molecule has 0 saturated carbocycles. The zero-order valence-corrected chi connectivity index (χ0v) is 12.2. The molecule has 0 aliphatic carbocycles. The fraction of sp³-hybridized carbons (Fsp3) is 0.538. The first kappa shape index (κ1) is 13.7. The lowest BCUT2D eigenvalue weighted by Gasteiger charge is -2.15. The average molecular weight is 289 g/mol. The maximum absolute atomic E-state index is 5.56. The van der Waals surface area contributed by atoms with E-state index in [0.717, 1.165) is 19.6 Å². The number of nitrogens with one attached hydrogen (secondary N) is 2. The molecule has 0 aromatic carbocycles. The molecule has 2 aromatic heterocycles. The van der Waals surface area contributed by atoms with Crippen molar-refractivity contribution in [1.29, 1.82) is 0 Å². The van der Waals surface area contributed by atoms with E-state index in [4.69, 9.17) is 4.74 Å². The number of ether oxygens (including phenoxy) is 1. The Labute approximate surface area is 123 Å². The second-order valence-corrected chi connectivity index (χ2v) is 4.99. The molecule has 1 fully saturated rings. The molecule has 1 aliphatic rings. The molecule has 2 atom stereocenters. The van der Waals surface area contributed by atoms with Crippen LogP contribution in [0, 0.1) is 5.92 Å². The van der Waals surface area contributed by atoms with Crippen LogP contribution in [0.3, 0.4) is 0 Å². The smallest absolute Gasteiger partial charge is 0.257 e. The maximum Gasteiger partial charge on any atom is 0.257 e. The Morgan fingerprint density at radius 3 is 2.86 bits per heavy atom. The molecule has 2 aromatic rings. The van der Waals surface area contributed by atoms with Crippen molar-refractivity contribution in [1.82, 2.24) is 24.7 Å². The van der Waals surface area contributed by atoms with Crippen molar-refractivity contribution in [3.05, 3.63) is 18.5 Å². The van der Waals surface area contributed by atoms with Crippen LogP contribution in [0.4, 0.5) is 11.9 Å². The number of hydrogen-bond acceptors (Lipinski definition) is 7. The zero-order valence-electron chi connectivity index (χ0n) is 12.2. The summed E-state index contributed by atoms with van der Waals surface area (Å²) in [4.78, 5) is 13.0. The summed E-state index contributed by atoms with van der Waals surface area (Å²) in [7, 11) is 1.78. The van der Waals surface area contributed by atoms with Gasteiger partial charge in [-0.2, -0.15) is 20.1 Å². The van der Waals surface area contributed by atoms with Crippen molar-refractivity contribution in [3.63, 3.8) is 0 Å². The van der Waals surface area contributed by atoms with Crippen molar-refractivity contribution in [2.24, 2.45) is 5.92 Å². The van der Waals surface area contributed by atoms with Crippen LogP contribution in [0.1, 0.15) is 13.3 Å². The summed E-state index contributed by atoms with van der Waals surface area (Å²) in [5.74, 6) is 2.01. The Morgan fingerprint density at radius 1 is 1.33 bits per heavy atom. The molecular weight excluding hydrogens is 270 g/mol. The van der Waals surface area contributed by atoms with E-state index in [1.165, 1.54) is 0 Å². The van der Waals surface area contributed by atoms with Gasteiger partial charge >= 0.3 is 0 Å². The molecule has 0 bridgehead atoms. The van der Waals surface area contributed by atoms with Gasteiger partial charge in [0.15, 0.2) is 0 Å². The maximum atomic E-state index is 5.56. The fourth-order valence-electron chi connectivity index (χ4n) is 2.31. The first-order valence-corrected chi connectivity index (χ1v) is 7.05. The molecule has 8 heteroatoms. The molecule has 3 rings (SSSR count). The minimum absolute atomic E-state index is 0.272. The minimum atomic E-state index is 0.272. The third-order valence-electron chi connectivity index (χ3n) is 3.61. The molecule has 1 aliphatic heterocycles. The highest BCUT2D eigenvalue weighted by Gasteiger charge is 2.24. The van der Waals surface area contributed by atoms with Gasteiger partial charge in [-0.25, -0.2) is 4.68 Å². The van der Waals surface area contributed by atoms with E-state index in [1.54, 1.807) is 24.1 Å². The first-order valence-electron chi connectivity index (χ1n) is 7.05. The van der Waals surface area contributed by atoms with Crippen LogP contribution in [0.25, 0.3) is 5.95 Å². The first-order chi connectivity index (χ1) is 10.3. The number of nitrogens with zero attached hydrogens (tertiary/aromatic N) is 5. The number of rotatable bonds is 5. The van der Waals surface area contributed by atoms with Crippen LogP contribution < -0.4 is 10.6 Å². The van der Waals surface area contributed by atoms with Gasteiger partial charge in [0.2, 0.25) is 11.9 Å². The van der Waals surface area contributed by atoms with E-state index in [1.807, 2.05) is 6.07 Å². The number of hydrogen-bond donors (Lipinski definition) is 2. The molecule has 8 nitrogen and oxygen atoms in total. The van der Waals surface area contributed by atoms with Gasteiger partial charge in [0.05, 0.1) is 6.10 Å². The number of aromatic nitrogens is 5. The topological polar surface area (TPSA) is 89.8 Å². The van der Waals surface area contributed by atoms with Crippen LogP contribution in [0.15, 0.2) is 18.5 Å². The molecule has 2 N–H and O–H groups in total. The summed E-state index contributed by atoms with van der Waals surface area (Å²) in [5.41, 5.74) is 0. The molecular formula is C13H19N7O. The highest BCUT2D eigenvalue weighted by Crippen LogP contribution is 2.20. The Balaban J connectivity index is 1.76. The molecule has 112 valence electrons.